The summed E-state index contributed by atoms with van der Waals surface area (Å²) in [5, 5.41) is 9.75. The van der Waals surface area contributed by atoms with E-state index in [1.165, 1.54) is 0 Å². The molecule has 0 radical (unpaired) electrons. The third-order valence-electron chi connectivity index (χ3n) is 5.59. The highest BCUT2D eigenvalue weighted by Gasteiger charge is 2.58. The van der Waals surface area contributed by atoms with Crippen molar-refractivity contribution in [2.45, 2.75) is 43.7 Å². The number of benzene rings is 1. The highest BCUT2D eigenvalue weighted by atomic mass is 19.4. The maximum Gasteiger partial charge on any atom is 0.406 e. The van der Waals surface area contributed by atoms with Crippen LogP contribution in [0.1, 0.15) is 24.8 Å². The molecule has 1 aromatic carbocycles. The van der Waals surface area contributed by atoms with Crippen LogP contribution < -0.4 is 21.4 Å². The number of amides is 2. The van der Waals surface area contributed by atoms with Gasteiger partial charge in [-0.2, -0.15) is 13.2 Å². The Morgan fingerprint density at radius 3 is 2.59 bits per heavy atom. The van der Waals surface area contributed by atoms with Crippen LogP contribution in [0.2, 0.25) is 0 Å². The van der Waals surface area contributed by atoms with E-state index >= 15 is 0 Å². The zero-order valence-corrected chi connectivity index (χ0v) is 15.7. The molecule has 4 N–H and O–H groups in total. The van der Waals surface area contributed by atoms with Gasteiger partial charge < -0.3 is 16.0 Å². The lowest BCUT2D eigenvalue weighted by atomic mass is 9.89. The van der Waals surface area contributed by atoms with Crippen LogP contribution in [0.5, 0.6) is 0 Å². The number of allylic oxidation sites excluding steroid dienone is 1. The second-order valence-electron chi connectivity index (χ2n) is 7.51. The van der Waals surface area contributed by atoms with Gasteiger partial charge in [0.25, 0.3) is 11.8 Å². The van der Waals surface area contributed by atoms with Crippen molar-refractivity contribution in [1.82, 2.24) is 26.4 Å². The lowest BCUT2D eigenvalue weighted by Crippen LogP contribution is -2.57. The van der Waals surface area contributed by atoms with Crippen molar-refractivity contribution in [3.8, 4) is 0 Å². The van der Waals surface area contributed by atoms with Gasteiger partial charge in [-0.3, -0.25) is 9.59 Å². The Bertz CT molecular complexity index is 836. The minimum Gasteiger partial charge on any atom is -0.366 e. The molecule has 156 valence electrons. The zero-order chi connectivity index (χ0) is 20.8. The number of hydrogen-bond donors (Lipinski definition) is 4. The molecule has 0 spiro atoms. The average molecular weight is 409 g/mol. The Hall–Kier alpha value is -2.59. The molecule has 3 aliphatic heterocycles. The number of nitrogens with zero attached hydrogens (tertiary/aromatic N) is 1. The number of rotatable bonds is 3. The molecule has 2 fully saturated rings. The van der Waals surface area contributed by atoms with Gasteiger partial charge in [0.15, 0.2) is 0 Å². The predicted molar refractivity (Wildman–Crippen MR) is 98.0 cm³/mol. The zero-order valence-electron chi connectivity index (χ0n) is 15.7. The van der Waals surface area contributed by atoms with E-state index in [0.29, 0.717) is 12.1 Å². The quantitative estimate of drug-likeness (QED) is 0.553. The molecule has 2 saturated heterocycles. The maximum atomic E-state index is 13.8. The molecule has 0 saturated carbocycles. The minimum absolute atomic E-state index is 0.111. The second-order valence-corrected chi connectivity index (χ2v) is 7.51. The fourth-order valence-corrected chi connectivity index (χ4v) is 4.20. The molecule has 3 heterocycles. The van der Waals surface area contributed by atoms with Gasteiger partial charge in [0.05, 0.1) is 5.92 Å². The van der Waals surface area contributed by atoms with E-state index in [1.54, 1.807) is 37.3 Å². The second kappa shape index (κ2) is 7.34. The Labute approximate surface area is 165 Å². The molecule has 3 aliphatic rings. The summed E-state index contributed by atoms with van der Waals surface area (Å²) in [6.07, 6.45) is -4.80. The first kappa shape index (κ1) is 19.7. The summed E-state index contributed by atoms with van der Waals surface area (Å²) in [4.78, 5) is 25.7. The number of carbonyl (C=O) groups excluding carboxylic acids is 2. The Morgan fingerprint density at radius 1 is 1.24 bits per heavy atom. The van der Waals surface area contributed by atoms with Gasteiger partial charge in [-0.15, -0.1) is 0 Å². The van der Waals surface area contributed by atoms with Crippen molar-refractivity contribution in [3.63, 3.8) is 0 Å². The Morgan fingerprint density at radius 2 is 1.97 bits per heavy atom. The number of carbonyl (C=O) groups is 2. The Balaban J connectivity index is 1.64. The van der Waals surface area contributed by atoms with E-state index in [0.717, 1.165) is 18.0 Å². The van der Waals surface area contributed by atoms with E-state index in [2.05, 4.69) is 21.4 Å². The largest absolute Gasteiger partial charge is 0.406 e. The standard InChI is InChI=1S/C19H22F3N5O2/c1-10-13(17(28)25-12-7-8-23-9-12)18(29)27-16(24-10)14(11-5-3-2-4-6-11)15(26-27)19(20,21)22/h2-6,12,14-16,23-24,26H,7-9H2,1H3,(H,25,28)/t12-,14?,15?,16?/m0/s1. The van der Waals surface area contributed by atoms with Crippen LogP contribution in [-0.2, 0) is 9.59 Å². The van der Waals surface area contributed by atoms with Gasteiger partial charge >= 0.3 is 6.18 Å². The molecule has 3 unspecified atom stereocenters. The third kappa shape index (κ3) is 3.58. The van der Waals surface area contributed by atoms with Crippen LogP contribution in [-0.4, -0.2) is 54.3 Å². The summed E-state index contributed by atoms with van der Waals surface area (Å²) in [5.41, 5.74) is 2.85. The molecular weight excluding hydrogens is 387 g/mol. The SMILES string of the molecule is CC1=C(C(=O)N[C@H]2CCNC2)C(=O)N2NC(C(F)(F)F)C(c3ccccc3)C2N1. The molecule has 4 rings (SSSR count). The number of halogens is 3. The van der Waals surface area contributed by atoms with Crippen LogP contribution >= 0.6 is 0 Å². The number of hydrazine groups is 1. The highest BCUT2D eigenvalue weighted by Crippen LogP contribution is 2.41. The molecule has 1 aromatic rings. The Kier molecular flexibility index (Phi) is 4.99. The van der Waals surface area contributed by atoms with E-state index in [4.69, 9.17) is 0 Å². The molecule has 0 bridgehead atoms. The first-order valence-electron chi connectivity index (χ1n) is 9.47. The first-order chi connectivity index (χ1) is 13.8. The molecule has 2 amide bonds. The fourth-order valence-electron chi connectivity index (χ4n) is 4.20. The van der Waals surface area contributed by atoms with E-state index in [-0.39, 0.29) is 17.3 Å². The summed E-state index contributed by atoms with van der Waals surface area (Å²) in [6, 6.07) is 6.18. The maximum absolute atomic E-state index is 13.8. The molecule has 0 aromatic heterocycles. The summed E-state index contributed by atoms with van der Waals surface area (Å²) in [5.74, 6) is -2.40. The van der Waals surface area contributed by atoms with Gasteiger partial charge in [-0.25, -0.2) is 10.4 Å². The summed E-state index contributed by atoms with van der Waals surface area (Å²) in [6.45, 7) is 2.90. The van der Waals surface area contributed by atoms with Crippen LogP contribution in [0, 0.1) is 0 Å². The first-order valence-corrected chi connectivity index (χ1v) is 9.47. The lowest BCUT2D eigenvalue weighted by molar-refractivity contribution is -0.161. The number of alkyl halides is 3. The molecule has 7 nitrogen and oxygen atoms in total. The fraction of sp³-hybridized carbons (Fsp3) is 0.474. The molecule has 29 heavy (non-hydrogen) atoms. The third-order valence-corrected chi connectivity index (χ3v) is 5.59. The summed E-state index contributed by atoms with van der Waals surface area (Å²) >= 11 is 0. The highest BCUT2D eigenvalue weighted by molar-refractivity contribution is 6.19. The normalized spacial score (nSPS) is 29.7. The van der Waals surface area contributed by atoms with Gasteiger partial charge in [-0.05, 0) is 25.5 Å². The van der Waals surface area contributed by atoms with Gasteiger partial charge in [-0.1, -0.05) is 30.3 Å². The van der Waals surface area contributed by atoms with Gasteiger partial charge in [0.1, 0.15) is 17.8 Å². The van der Waals surface area contributed by atoms with Crippen LogP contribution in [0.25, 0.3) is 0 Å². The van der Waals surface area contributed by atoms with E-state index < -0.39 is 36.1 Å². The predicted octanol–water partition coefficient (Wildman–Crippen LogP) is 0.729. The number of nitrogens with one attached hydrogen (secondary N) is 4. The van der Waals surface area contributed by atoms with E-state index in [9.17, 15) is 22.8 Å². The van der Waals surface area contributed by atoms with Crippen molar-refractivity contribution in [2.24, 2.45) is 0 Å². The van der Waals surface area contributed by atoms with Crippen LogP contribution in [0.3, 0.4) is 0 Å². The smallest absolute Gasteiger partial charge is 0.366 e. The van der Waals surface area contributed by atoms with Crippen LogP contribution in [0.4, 0.5) is 13.2 Å². The van der Waals surface area contributed by atoms with Crippen molar-refractivity contribution in [3.05, 3.63) is 47.2 Å². The number of hydrogen-bond acceptors (Lipinski definition) is 5. The van der Waals surface area contributed by atoms with Crippen molar-refractivity contribution in [1.29, 1.82) is 0 Å². The molecule has 10 heteroatoms. The van der Waals surface area contributed by atoms with Crippen LogP contribution in [0.15, 0.2) is 41.6 Å². The summed E-state index contributed by atoms with van der Waals surface area (Å²) < 4.78 is 41.3. The van der Waals surface area contributed by atoms with Gasteiger partial charge in [0.2, 0.25) is 0 Å². The minimum atomic E-state index is -4.58. The topological polar surface area (TPSA) is 85.5 Å². The van der Waals surface area contributed by atoms with Crippen molar-refractivity contribution < 1.29 is 22.8 Å². The van der Waals surface area contributed by atoms with E-state index in [1.807, 2.05) is 0 Å². The molecular formula is C19H22F3N5O2. The van der Waals surface area contributed by atoms with Gasteiger partial charge in [0, 0.05) is 18.3 Å². The number of fused-ring (bicyclic) bond motifs is 1. The summed E-state index contributed by atoms with van der Waals surface area (Å²) in [7, 11) is 0. The van der Waals surface area contributed by atoms with Crippen molar-refractivity contribution in [2.75, 3.05) is 13.1 Å². The average Bonchev–Trinajstić information content (AvgIpc) is 3.29. The monoisotopic (exact) mass is 409 g/mol. The molecule has 4 atom stereocenters. The van der Waals surface area contributed by atoms with Crippen molar-refractivity contribution >= 4 is 11.8 Å². The molecule has 0 aliphatic carbocycles. The lowest BCUT2D eigenvalue weighted by Gasteiger charge is -2.34.